The minimum Gasteiger partial charge on any atom is -0.492 e. The smallest absolute Gasteiger partial charge is 0.259 e. The third-order valence-electron chi connectivity index (χ3n) is 5.49. The van der Waals surface area contributed by atoms with E-state index in [9.17, 15) is 13.2 Å². The Balaban J connectivity index is 1.45. The molecule has 1 atom stereocenters. The van der Waals surface area contributed by atoms with Gasteiger partial charge in [-0.05, 0) is 43.5 Å². The number of amides is 1. The number of carbonyl (C=O) groups excluding carboxylic acids is 1. The molecule has 0 bridgehead atoms. The predicted molar refractivity (Wildman–Crippen MR) is 115 cm³/mol. The summed E-state index contributed by atoms with van der Waals surface area (Å²) in [6.07, 6.45) is 1.88. The Kier molecular flexibility index (Phi) is 5.51. The summed E-state index contributed by atoms with van der Waals surface area (Å²) in [5, 5.41) is 0. The Labute approximate surface area is 176 Å². The van der Waals surface area contributed by atoms with Gasteiger partial charge in [-0.3, -0.25) is 4.79 Å². The van der Waals surface area contributed by atoms with Gasteiger partial charge in [0.25, 0.3) is 15.9 Å². The zero-order chi connectivity index (χ0) is 21.3. The van der Waals surface area contributed by atoms with Crippen molar-refractivity contribution in [1.29, 1.82) is 0 Å². The first-order valence-electron chi connectivity index (χ1n) is 10.0. The SMILES string of the molecule is Cc1cccc(C(=O)N2CCC[C@H](COc3cccc4c3C(N)=NS(=O)(=O)C4)C2)c1. The number of ether oxygens (including phenoxy) is 1. The summed E-state index contributed by atoms with van der Waals surface area (Å²) >= 11 is 0. The molecule has 2 N–H and O–H groups in total. The minimum absolute atomic E-state index is 0.0354. The lowest BCUT2D eigenvalue weighted by Crippen LogP contribution is -2.41. The van der Waals surface area contributed by atoms with Crippen molar-refractivity contribution in [3.8, 4) is 5.75 Å². The van der Waals surface area contributed by atoms with Gasteiger partial charge in [-0.15, -0.1) is 4.40 Å². The number of likely N-dealkylation sites (tertiary alicyclic amines) is 1. The maximum Gasteiger partial charge on any atom is 0.259 e. The summed E-state index contributed by atoms with van der Waals surface area (Å²) in [5.74, 6) is 0.552. The Morgan fingerprint density at radius 1 is 1.27 bits per heavy atom. The second kappa shape index (κ2) is 8.10. The maximum atomic E-state index is 12.9. The monoisotopic (exact) mass is 427 g/mol. The fourth-order valence-corrected chi connectivity index (χ4v) is 5.18. The van der Waals surface area contributed by atoms with Crippen LogP contribution in [-0.2, 0) is 15.8 Å². The average molecular weight is 428 g/mol. The zero-order valence-corrected chi connectivity index (χ0v) is 17.7. The van der Waals surface area contributed by atoms with Crippen LogP contribution in [-0.4, -0.2) is 44.8 Å². The van der Waals surface area contributed by atoms with Crippen LogP contribution < -0.4 is 10.5 Å². The van der Waals surface area contributed by atoms with Crippen molar-refractivity contribution in [2.75, 3.05) is 19.7 Å². The highest BCUT2D eigenvalue weighted by Gasteiger charge is 2.27. The summed E-state index contributed by atoms with van der Waals surface area (Å²) in [6, 6.07) is 12.9. The van der Waals surface area contributed by atoms with Gasteiger partial charge in [0.05, 0.1) is 17.9 Å². The molecule has 2 aliphatic heterocycles. The highest BCUT2D eigenvalue weighted by molar-refractivity contribution is 7.89. The van der Waals surface area contributed by atoms with Gasteiger partial charge >= 0.3 is 0 Å². The highest BCUT2D eigenvalue weighted by Crippen LogP contribution is 2.29. The average Bonchev–Trinajstić information content (AvgIpc) is 2.70. The zero-order valence-electron chi connectivity index (χ0n) is 16.9. The third kappa shape index (κ3) is 4.33. The summed E-state index contributed by atoms with van der Waals surface area (Å²) in [4.78, 5) is 14.7. The van der Waals surface area contributed by atoms with Crippen molar-refractivity contribution in [2.45, 2.75) is 25.5 Å². The topological polar surface area (TPSA) is 102 Å². The number of piperidine rings is 1. The number of hydrogen-bond donors (Lipinski definition) is 1. The van der Waals surface area contributed by atoms with Gasteiger partial charge in [0.2, 0.25) is 0 Å². The fraction of sp³-hybridized carbons (Fsp3) is 0.364. The molecule has 7 nitrogen and oxygen atoms in total. The van der Waals surface area contributed by atoms with Gasteiger partial charge in [0.1, 0.15) is 11.6 Å². The van der Waals surface area contributed by atoms with E-state index in [1.165, 1.54) is 0 Å². The van der Waals surface area contributed by atoms with Gasteiger partial charge in [-0.25, -0.2) is 8.42 Å². The Hall–Kier alpha value is -2.87. The molecule has 1 saturated heterocycles. The second-order valence-corrected chi connectivity index (χ2v) is 9.57. The molecule has 0 spiro atoms. The number of fused-ring (bicyclic) bond motifs is 1. The predicted octanol–water partition coefficient (Wildman–Crippen LogP) is 2.47. The molecule has 2 aromatic carbocycles. The van der Waals surface area contributed by atoms with E-state index in [4.69, 9.17) is 10.5 Å². The quantitative estimate of drug-likeness (QED) is 0.808. The molecule has 2 aromatic rings. The molecular weight excluding hydrogens is 402 g/mol. The van der Waals surface area contributed by atoms with Crippen LogP contribution in [0.5, 0.6) is 5.75 Å². The number of rotatable bonds is 4. The molecule has 0 radical (unpaired) electrons. The van der Waals surface area contributed by atoms with Gasteiger partial charge in [0, 0.05) is 24.6 Å². The van der Waals surface area contributed by atoms with E-state index in [2.05, 4.69) is 4.40 Å². The fourth-order valence-electron chi connectivity index (χ4n) is 4.09. The molecule has 158 valence electrons. The van der Waals surface area contributed by atoms with Crippen molar-refractivity contribution >= 4 is 21.8 Å². The van der Waals surface area contributed by atoms with Crippen molar-refractivity contribution in [1.82, 2.24) is 4.90 Å². The Bertz CT molecular complexity index is 1110. The first-order chi connectivity index (χ1) is 14.3. The lowest BCUT2D eigenvalue weighted by atomic mass is 9.98. The molecule has 2 heterocycles. The van der Waals surface area contributed by atoms with Crippen molar-refractivity contribution in [3.05, 3.63) is 64.7 Å². The van der Waals surface area contributed by atoms with Crippen molar-refractivity contribution < 1.29 is 17.9 Å². The largest absolute Gasteiger partial charge is 0.492 e. The molecule has 0 aromatic heterocycles. The summed E-state index contributed by atoms with van der Waals surface area (Å²) < 4.78 is 33.3. The number of nitrogens with zero attached hydrogens (tertiary/aromatic N) is 2. The van der Waals surface area contributed by atoms with E-state index in [1.807, 2.05) is 36.1 Å². The van der Waals surface area contributed by atoms with Crippen LogP contribution in [0.15, 0.2) is 46.9 Å². The standard InChI is InChI=1S/C22H25N3O4S/c1-15-5-2-7-17(11-15)22(26)25-10-4-6-16(12-25)13-29-19-9-3-8-18-14-30(27,28)24-21(23)20(18)19/h2-3,5,7-9,11,16H,4,6,10,12-14H2,1H3,(H2,23,24)/t16-/m0/s1. The third-order valence-corrected chi connectivity index (χ3v) is 6.64. The number of hydrogen-bond acceptors (Lipinski definition) is 5. The number of sulfonamides is 1. The van der Waals surface area contributed by atoms with E-state index in [0.717, 1.165) is 24.9 Å². The van der Waals surface area contributed by atoms with Crippen LogP contribution in [0, 0.1) is 12.8 Å². The van der Waals surface area contributed by atoms with Crippen LogP contribution in [0.2, 0.25) is 0 Å². The molecule has 4 rings (SSSR count). The van der Waals surface area contributed by atoms with E-state index in [0.29, 0.717) is 35.6 Å². The molecule has 2 aliphatic rings. The first kappa shape index (κ1) is 20.4. The van der Waals surface area contributed by atoms with Gasteiger partial charge in [-0.2, -0.15) is 0 Å². The Morgan fingerprint density at radius 2 is 2.07 bits per heavy atom. The molecule has 30 heavy (non-hydrogen) atoms. The van der Waals surface area contributed by atoms with E-state index in [-0.39, 0.29) is 23.4 Å². The van der Waals surface area contributed by atoms with E-state index >= 15 is 0 Å². The molecule has 0 saturated carbocycles. The maximum absolute atomic E-state index is 12.9. The van der Waals surface area contributed by atoms with Crippen LogP contribution in [0.1, 0.15) is 39.9 Å². The number of amidine groups is 1. The minimum atomic E-state index is -3.58. The van der Waals surface area contributed by atoms with Crippen LogP contribution >= 0.6 is 0 Å². The van der Waals surface area contributed by atoms with Crippen molar-refractivity contribution in [3.63, 3.8) is 0 Å². The van der Waals surface area contributed by atoms with Gasteiger partial charge in [-0.1, -0.05) is 29.8 Å². The van der Waals surface area contributed by atoms with Crippen molar-refractivity contribution in [2.24, 2.45) is 16.0 Å². The molecular formula is C22H25N3O4S. The van der Waals surface area contributed by atoms with Gasteiger partial charge < -0.3 is 15.4 Å². The van der Waals surface area contributed by atoms with E-state index in [1.54, 1.807) is 18.2 Å². The number of aryl methyl sites for hydroxylation is 1. The number of carbonyl (C=O) groups is 1. The lowest BCUT2D eigenvalue weighted by Gasteiger charge is -2.33. The second-order valence-electron chi connectivity index (χ2n) is 7.93. The summed E-state index contributed by atoms with van der Waals surface area (Å²) in [7, 11) is -3.58. The highest BCUT2D eigenvalue weighted by atomic mass is 32.2. The van der Waals surface area contributed by atoms with Gasteiger partial charge in [0.15, 0.2) is 0 Å². The summed E-state index contributed by atoms with van der Waals surface area (Å²) in [5.41, 5.74) is 8.83. The van der Waals surface area contributed by atoms with E-state index < -0.39 is 10.0 Å². The number of nitrogens with two attached hydrogens (primary N) is 1. The van der Waals surface area contributed by atoms with Crippen LogP contribution in [0.3, 0.4) is 0 Å². The Morgan fingerprint density at radius 3 is 2.87 bits per heavy atom. The van der Waals surface area contributed by atoms with Crippen LogP contribution in [0.4, 0.5) is 0 Å². The molecule has 0 aliphatic carbocycles. The molecule has 1 fully saturated rings. The lowest BCUT2D eigenvalue weighted by molar-refractivity contribution is 0.0633. The number of benzene rings is 2. The normalized spacial score (nSPS) is 20.2. The summed E-state index contributed by atoms with van der Waals surface area (Å²) in [6.45, 7) is 3.76. The van der Waals surface area contributed by atoms with Crippen LogP contribution in [0.25, 0.3) is 0 Å². The molecule has 0 unspecified atom stereocenters. The molecule has 8 heteroatoms. The molecule has 1 amide bonds. The first-order valence-corrected chi connectivity index (χ1v) is 11.6.